The first kappa shape index (κ1) is 18.8. The maximum atomic E-state index is 12.5. The number of carbonyl (C=O) groups excluding carboxylic acids is 2. The number of nitrogens with zero attached hydrogens (tertiary/aromatic N) is 2. The zero-order valence-electron chi connectivity index (χ0n) is 15.6. The number of amides is 2. The van der Waals surface area contributed by atoms with Crippen LogP contribution in [0.25, 0.3) is 0 Å². The van der Waals surface area contributed by atoms with Crippen molar-refractivity contribution in [1.82, 2.24) is 4.90 Å². The molecule has 2 aromatic carbocycles. The van der Waals surface area contributed by atoms with Gasteiger partial charge in [-0.2, -0.15) is 0 Å². The Bertz CT molecular complexity index is 771. The van der Waals surface area contributed by atoms with Crippen LogP contribution in [0.5, 0.6) is 5.75 Å². The molecule has 1 aliphatic heterocycles. The molecular weight excluding hydrogens is 342 g/mol. The van der Waals surface area contributed by atoms with Gasteiger partial charge in [0.25, 0.3) is 0 Å². The lowest BCUT2D eigenvalue weighted by Gasteiger charge is -2.36. The number of piperazine rings is 1. The van der Waals surface area contributed by atoms with Crippen LogP contribution in [0.15, 0.2) is 54.6 Å². The molecule has 0 aliphatic carbocycles. The van der Waals surface area contributed by atoms with Crippen LogP contribution in [-0.2, 0) is 9.59 Å². The standard InChI is InChI=1S/C21H25N3O3/c1-2-27-19-11-7-6-10-18(19)22-20(25)16-21(26)24-14-12-23(13-15-24)17-8-4-3-5-9-17/h3-11H,2,12-16H2,1H3,(H,22,25). The van der Waals surface area contributed by atoms with E-state index in [-0.39, 0.29) is 18.2 Å². The lowest BCUT2D eigenvalue weighted by Crippen LogP contribution is -2.49. The quantitative estimate of drug-likeness (QED) is 0.798. The van der Waals surface area contributed by atoms with Crippen LogP contribution in [0.1, 0.15) is 13.3 Å². The third kappa shape index (κ3) is 5.00. The predicted molar refractivity (Wildman–Crippen MR) is 106 cm³/mol. The Hall–Kier alpha value is -3.02. The number of benzene rings is 2. The third-order valence-corrected chi connectivity index (χ3v) is 4.53. The van der Waals surface area contributed by atoms with E-state index in [0.717, 1.165) is 18.8 Å². The van der Waals surface area contributed by atoms with Crippen LogP contribution in [0.2, 0.25) is 0 Å². The SMILES string of the molecule is CCOc1ccccc1NC(=O)CC(=O)N1CCN(c2ccccc2)CC1. The van der Waals surface area contributed by atoms with Crippen molar-refractivity contribution in [2.45, 2.75) is 13.3 Å². The first-order valence-corrected chi connectivity index (χ1v) is 9.27. The third-order valence-electron chi connectivity index (χ3n) is 4.53. The zero-order chi connectivity index (χ0) is 19.1. The first-order valence-electron chi connectivity index (χ1n) is 9.27. The molecule has 0 radical (unpaired) electrons. The fourth-order valence-corrected chi connectivity index (χ4v) is 3.15. The van der Waals surface area contributed by atoms with Crippen LogP contribution in [-0.4, -0.2) is 49.5 Å². The molecule has 142 valence electrons. The highest BCUT2D eigenvalue weighted by molar-refractivity contribution is 6.04. The summed E-state index contributed by atoms with van der Waals surface area (Å²) in [4.78, 5) is 28.8. The second kappa shape index (κ2) is 9.07. The van der Waals surface area contributed by atoms with Gasteiger partial charge in [-0.3, -0.25) is 9.59 Å². The maximum Gasteiger partial charge on any atom is 0.233 e. The fraction of sp³-hybridized carbons (Fsp3) is 0.333. The monoisotopic (exact) mass is 367 g/mol. The highest BCUT2D eigenvalue weighted by atomic mass is 16.5. The van der Waals surface area contributed by atoms with Crippen LogP contribution in [0.4, 0.5) is 11.4 Å². The number of hydrogen-bond acceptors (Lipinski definition) is 4. The normalized spacial score (nSPS) is 14.0. The Balaban J connectivity index is 1.50. The maximum absolute atomic E-state index is 12.5. The molecule has 1 N–H and O–H groups in total. The molecule has 6 nitrogen and oxygen atoms in total. The van der Waals surface area contributed by atoms with Crippen molar-refractivity contribution in [1.29, 1.82) is 0 Å². The van der Waals surface area contributed by atoms with E-state index in [2.05, 4.69) is 22.3 Å². The van der Waals surface area contributed by atoms with E-state index in [4.69, 9.17) is 4.74 Å². The highest BCUT2D eigenvalue weighted by Crippen LogP contribution is 2.24. The summed E-state index contributed by atoms with van der Waals surface area (Å²) in [7, 11) is 0. The molecule has 0 bridgehead atoms. The Kier molecular flexibility index (Phi) is 6.30. The fourth-order valence-electron chi connectivity index (χ4n) is 3.15. The summed E-state index contributed by atoms with van der Waals surface area (Å²) < 4.78 is 5.50. The summed E-state index contributed by atoms with van der Waals surface area (Å²) in [5.74, 6) is 0.143. The summed E-state index contributed by atoms with van der Waals surface area (Å²) in [5.41, 5.74) is 1.75. The molecule has 1 saturated heterocycles. The number of para-hydroxylation sites is 3. The molecule has 3 rings (SSSR count). The average Bonchev–Trinajstić information content (AvgIpc) is 2.70. The van der Waals surface area contributed by atoms with Crippen LogP contribution >= 0.6 is 0 Å². The van der Waals surface area contributed by atoms with Crippen molar-refractivity contribution >= 4 is 23.2 Å². The molecule has 6 heteroatoms. The summed E-state index contributed by atoms with van der Waals surface area (Å²) in [6.45, 7) is 5.18. The van der Waals surface area contributed by atoms with Crippen molar-refractivity contribution in [2.75, 3.05) is 43.0 Å². The van der Waals surface area contributed by atoms with E-state index >= 15 is 0 Å². The lowest BCUT2D eigenvalue weighted by molar-refractivity contribution is -0.134. The van der Waals surface area contributed by atoms with Gasteiger partial charge >= 0.3 is 0 Å². The minimum absolute atomic E-state index is 0.144. The van der Waals surface area contributed by atoms with Gasteiger partial charge in [-0.15, -0.1) is 0 Å². The molecular formula is C21H25N3O3. The van der Waals surface area contributed by atoms with Gasteiger partial charge in [0.1, 0.15) is 12.2 Å². The van der Waals surface area contributed by atoms with Gasteiger partial charge in [-0.05, 0) is 31.2 Å². The molecule has 27 heavy (non-hydrogen) atoms. The summed E-state index contributed by atoms with van der Waals surface area (Å²) in [6.07, 6.45) is -0.161. The number of rotatable bonds is 6. The predicted octanol–water partition coefficient (Wildman–Crippen LogP) is 2.76. The van der Waals surface area contributed by atoms with Crippen LogP contribution in [0.3, 0.4) is 0 Å². The Labute approximate surface area is 159 Å². The number of nitrogens with one attached hydrogen (secondary N) is 1. The molecule has 0 aromatic heterocycles. The minimum Gasteiger partial charge on any atom is -0.492 e. The van der Waals surface area contributed by atoms with Gasteiger partial charge in [-0.1, -0.05) is 30.3 Å². The van der Waals surface area contributed by atoms with E-state index < -0.39 is 0 Å². The van der Waals surface area contributed by atoms with Crippen LogP contribution in [0, 0.1) is 0 Å². The first-order chi connectivity index (χ1) is 13.2. The number of hydrogen-bond donors (Lipinski definition) is 1. The van der Waals surface area contributed by atoms with Crippen LogP contribution < -0.4 is 15.0 Å². The molecule has 1 aliphatic rings. The number of ether oxygens (including phenoxy) is 1. The van der Waals surface area contributed by atoms with E-state index in [1.54, 1.807) is 17.0 Å². The highest BCUT2D eigenvalue weighted by Gasteiger charge is 2.23. The van der Waals surface area contributed by atoms with Crippen molar-refractivity contribution < 1.29 is 14.3 Å². The largest absolute Gasteiger partial charge is 0.492 e. The topological polar surface area (TPSA) is 61.9 Å². The van der Waals surface area contributed by atoms with Gasteiger partial charge in [-0.25, -0.2) is 0 Å². The van der Waals surface area contributed by atoms with E-state index in [1.807, 2.05) is 37.3 Å². The molecule has 1 fully saturated rings. The Morgan fingerprint density at radius 3 is 2.33 bits per heavy atom. The van der Waals surface area contributed by atoms with Gasteiger partial charge in [0.05, 0.1) is 12.3 Å². The molecule has 0 spiro atoms. The number of carbonyl (C=O) groups is 2. The molecule has 0 atom stereocenters. The zero-order valence-corrected chi connectivity index (χ0v) is 15.6. The molecule has 2 aromatic rings. The van der Waals surface area contributed by atoms with Crippen molar-refractivity contribution in [3.8, 4) is 5.75 Å². The smallest absolute Gasteiger partial charge is 0.233 e. The molecule has 1 heterocycles. The van der Waals surface area contributed by atoms with Gasteiger partial charge in [0, 0.05) is 31.9 Å². The van der Waals surface area contributed by atoms with Crippen molar-refractivity contribution in [2.24, 2.45) is 0 Å². The van der Waals surface area contributed by atoms with E-state index in [9.17, 15) is 9.59 Å². The van der Waals surface area contributed by atoms with Gasteiger partial charge in [0.2, 0.25) is 11.8 Å². The summed E-state index contributed by atoms with van der Waals surface area (Å²) in [5, 5.41) is 2.78. The van der Waals surface area contributed by atoms with E-state index in [0.29, 0.717) is 31.1 Å². The number of anilines is 2. The van der Waals surface area contributed by atoms with Gasteiger partial charge in [0.15, 0.2) is 0 Å². The second-order valence-corrected chi connectivity index (χ2v) is 6.36. The van der Waals surface area contributed by atoms with E-state index in [1.165, 1.54) is 0 Å². The lowest BCUT2D eigenvalue weighted by atomic mass is 10.2. The molecule has 0 unspecified atom stereocenters. The Morgan fingerprint density at radius 2 is 1.63 bits per heavy atom. The Morgan fingerprint density at radius 1 is 0.963 bits per heavy atom. The second-order valence-electron chi connectivity index (χ2n) is 6.36. The van der Waals surface area contributed by atoms with Gasteiger partial charge < -0.3 is 19.9 Å². The van der Waals surface area contributed by atoms with Crippen molar-refractivity contribution in [3.05, 3.63) is 54.6 Å². The summed E-state index contributed by atoms with van der Waals surface area (Å²) >= 11 is 0. The minimum atomic E-state index is -0.322. The summed E-state index contributed by atoms with van der Waals surface area (Å²) in [6, 6.07) is 17.4. The average molecular weight is 367 g/mol. The molecule has 2 amide bonds. The molecule has 0 saturated carbocycles. The van der Waals surface area contributed by atoms with Crippen molar-refractivity contribution in [3.63, 3.8) is 0 Å².